The van der Waals surface area contributed by atoms with Gasteiger partial charge in [0.25, 0.3) is 0 Å². The Bertz CT molecular complexity index is 638. The van der Waals surface area contributed by atoms with Crippen LogP contribution in [0.2, 0.25) is 0 Å². The first kappa shape index (κ1) is 11.6. The predicted molar refractivity (Wildman–Crippen MR) is 79.8 cm³/mol. The van der Waals surface area contributed by atoms with E-state index in [1.807, 2.05) is 0 Å². The first-order valence-corrected chi connectivity index (χ1v) is 7.96. The normalized spacial score (nSPS) is 20.7. The summed E-state index contributed by atoms with van der Waals surface area (Å²) in [5.74, 6) is 2.03. The number of thiophene rings is 1. The Kier molecular flexibility index (Phi) is 2.40. The van der Waals surface area contributed by atoms with Gasteiger partial charge in [0.05, 0.1) is 5.39 Å². The molecule has 0 aromatic carbocycles. The van der Waals surface area contributed by atoms with Gasteiger partial charge in [-0.1, -0.05) is 0 Å². The minimum Gasteiger partial charge on any atom is -0.369 e. The first-order chi connectivity index (χ1) is 9.20. The highest BCUT2D eigenvalue weighted by atomic mass is 32.1. The highest BCUT2D eigenvalue weighted by Gasteiger charge is 2.53. The number of fused-ring (bicyclic) bond motifs is 1. The molecule has 0 saturated heterocycles. The van der Waals surface area contributed by atoms with E-state index in [1.54, 1.807) is 17.7 Å². The molecule has 4 rings (SSSR count). The summed E-state index contributed by atoms with van der Waals surface area (Å²) in [5, 5.41) is 4.85. The Morgan fingerprint density at radius 3 is 2.79 bits per heavy atom. The van der Waals surface area contributed by atoms with E-state index in [2.05, 4.69) is 29.1 Å². The van der Waals surface area contributed by atoms with Crippen LogP contribution in [0.4, 0.5) is 5.82 Å². The van der Waals surface area contributed by atoms with Crippen molar-refractivity contribution in [1.82, 2.24) is 9.97 Å². The summed E-state index contributed by atoms with van der Waals surface area (Å²) in [6.07, 6.45) is 7.38. The summed E-state index contributed by atoms with van der Waals surface area (Å²) in [7, 11) is 0. The van der Waals surface area contributed by atoms with E-state index in [4.69, 9.17) is 0 Å². The van der Waals surface area contributed by atoms with Crippen molar-refractivity contribution in [3.05, 3.63) is 16.8 Å². The Labute approximate surface area is 117 Å². The van der Waals surface area contributed by atoms with Crippen LogP contribution in [0.3, 0.4) is 0 Å². The largest absolute Gasteiger partial charge is 0.369 e. The monoisotopic (exact) mass is 273 g/mol. The lowest BCUT2D eigenvalue weighted by Crippen LogP contribution is -2.18. The Morgan fingerprint density at radius 1 is 1.32 bits per heavy atom. The van der Waals surface area contributed by atoms with Gasteiger partial charge in [-0.25, -0.2) is 9.97 Å². The van der Waals surface area contributed by atoms with Gasteiger partial charge < -0.3 is 5.32 Å². The number of anilines is 1. The molecule has 2 aliphatic carbocycles. The van der Waals surface area contributed by atoms with Gasteiger partial charge >= 0.3 is 0 Å². The molecule has 100 valence electrons. The minimum absolute atomic E-state index is 0.607. The highest BCUT2D eigenvalue weighted by Crippen LogP contribution is 2.61. The van der Waals surface area contributed by atoms with E-state index in [0.29, 0.717) is 5.41 Å². The average molecular weight is 273 g/mol. The number of nitrogens with one attached hydrogen (secondary N) is 1. The van der Waals surface area contributed by atoms with Crippen molar-refractivity contribution in [2.24, 2.45) is 11.3 Å². The van der Waals surface area contributed by atoms with Crippen LogP contribution in [0, 0.1) is 25.2 Å². The number of hydrogen-bond acceptors (Lipinski definition) is 4. The van der Waals surface area contributed by atoms with Crippen LogP contribution in [0.1, 0.15) is 36.1 Å². The molecule has 1 N–H and O–H groups in total. The van der Waals surface area contributed by atoms with Crippen LogP contribution in [0.15, 0.2) is 6.33 Å². The van der Waals surface area contributed by atoms with Crippen molar-refractivity contribution in [3.63, 3.8) is 0 Å². The summed E-state index contributed by atoms with van der Waals surface area (Å²) in [6.45, 7) is 5.44. The fraction of sp³-hybridized carbons (Fsp3) is 0.600. The Hall–Kier alpha value is -1.16. The molecule has 2 heterocycles. The second kappa shape index (κ2) is 3.92. The van der Waals surface area contributed by atoms with Crippen molar-refractivity contribution < 1.29 is 0 Å². The summed E-state index contributed by atoms with van der Waals surface area (Å²) in [5.41, 5.74) is 1.94. The van der Waals surface area contributed by atoms with Crippen molar-refractivity contribution >= 4 is 27.4 Å². The second-order valence-corrected chi connectivity index (χ2v) is 7.38. The standard InChI is InChI=1S/C15H19N3S/c1-9-10(2)19-14-12(9)13(17-8-18-14)16-7-15(5-6-15)11-3-4-11/h8,11H,3-7H2,1-2H3,(H,16,17,18). The molecule has 0 spiro atoms. The van der Waals surface area contributed by atoms with Crippen LogP contribution < -0.4 is 5.32 Å². The van der Waals surface area contributed by atoms with Gasteiger partial charge in [0.1, 0.15) is 17.0 Å². The third-order valence-electron chi connectivity index (χ3n) is 4.91. The first-order valence-electron chi connectivity index (χ1n) is 7.14. The molecule has 19 heavy (non-hydrogen) atoms. The zero-order valence-electron chi connectivity index (χ0n) is 11.5. The number of aryl methyl sites for hydroxylation is 2. The predicted octanol–water partition coefficient (Wildman–Crippen LogP) is 3.91. The maximum atomic E-state index is 4.48. The van der Waals surface area contributed by atoms with Crippen molar-refractivity contribution in [2.75, 3.05) is 11.9 Å². The Morgan fingerprint density at radius 2 is 2.11 bits per heavy atom. The summed E-state index contributed by atoms with van der Waals surface area (Å²) in [4.78, 5) is 11.3. The molecule has 0 unspecified atom stereocenters. The maximum absolute atomic E-state index is 4.48. The van der Waals surface area contributed by atoms with E-state index in [9.17, 15) is 0 Å². The number of hydrogen-bond donors (Lipinski definition) is 1. The van der Waals surface area contributed by atoms with Crippen LogP contribution in [-0.2, 0) is 0 Å². The number of aromatic nitrogens is 2. The van der Waals surface area contributed by atoms with Crippen LogP contribution in [0.5, 0.6) is 0 Å². The van der Waals surface area contributed by atoms with Gasteiger partial charge in [-0.3, -0.25) is 0 Å². The van der Waals surface area contributed by atoms with E-state index in [1.165, 1.54) is 41.5 Å². The molecule has 4 heteroatoms. The molecule has 0 aliphatic heterocycles. The van der Waals surface area contributed by atoms with E-state index in [-0.39, 0.29) is 0 Å². The summed E-state index contributed by atoms with van der Waals surface area (Å²) < 4.78 is 0. The zero-order valence-corrected chi connectivity index (χ0v) is 12.3. The fourth-order valence-corrected chi connectivity index (χ4v) is 4.16. The lowest BCUT2D eigenvalue weighted by Gasteiger charge is -2.16. The zero-order chi connectivity index (χ0) is 13.0. The van der Waals surface area contributed by atoms with E-state index >= 15 is 0 Å². The maximum Gasteiger partial charge on any atom is 0.138 e. The molecule has 2 aliphatic rings. The number of rotatable bonds is 4. The van der Waals surface area contributed by atoms with Crippen molar-refractivity contribution in [1.29, 1.82) is 0 Å². The lowest BCUT2D eigenvalue weighted by molar-refractivity contribution is 0.466. The molecule has 2 saturated carbocycles. The van der Waals surface area contributed by atoms with Crippen LogP contribution in [0.25, 0.3) is 10.2 Å². The van der Waals surface area contributed by atoms with Crippen LogP contribution in [-0.4, -0.2) is 16.5 Å². The smallest absolute Gasteiger partial charge is 0.138 e. The number of nitrogens with zero attached hydrogens (tertiary/aromatic N) is 2. The van der Waals surface area contributed by atoms with Gasteiger partial charge in [-0.2, -0.15) is 0 Å². The second-order valence-electron chi connectivity index (χ2n) is 6.18. The highest BCUT2D eigenvalue weighted by molar-refractivity contribution is 7.18. The van der Waals surface area contributed by atoms with Gasteiger partial charge in [-0.05, 0) is 56.4 Å². The molecular weight excluding hydrogens is 254 g/mol. The van der Waals surface area contributed by atoms with Gasteiger partial charge in [-0.15, -0.1) is 11.3 Å². The Balaban J connectivity index is 1.63. The van der Waals surface area contributed by atoms with Crippen molar-refractivity contribution in [2.45, 2.75) is 39.5 Å². The summed E-state index contributed by atoms with van der Waals surface area (Å²) >= 11 is 1.77. The van der Waals surface area contributed by atoms with Gasteiger partial charge in [0.15, 0.2) is 0 Å². The van der Waals surface area contributed by atoms with Gasteiger partial charge in [0, 0.05) is 11.4 Å². The molecule has 2 fully saturated rings. The minimum atomic E-state index is 0.607. The molecule has 2 aromatic rings. The van der Waals surface area contributed by atoms with Crippen LogP contribution >= 0.6 is 11.3 Å². The topological polar surface area (TPSA) is 37.8 Å². The molecular formula is C15H19N3S. The third kappa shape index (κ3) is 1.84. The molecule has 2 aromatic heterocycles. The molecule has 0 amide bonds. The van der Waals surface area contributed by atoms with E-state index in [0.717, 1.165) is 23.1 Å². The van der Waals surface area contributed by atoms with E-state index < -0.39 is 0 Å². The average Bonchev–Trinajstić information content (AvgIpc) is 3.27. The molecule has 0 radical (unpaired) electrons. The SMILES string of the molecule is Cc1sc2ncnc(NCC3(C4CC4)CC3)c2c1C. The molecule has 3 nitrogen and oxygen atoms in total. The van der Waals surface area contributed by atoms with Crippen molar-refractivity contribution in [3.8, 4) is 0 Å². The molecule has 0 bridgehead atoms. The third-order valence-corrected chi connectivity index (χ3v) is 6.02. The quantitative estimate of drug-likeness (QED) is 0.917. The fourth-order valence-electron chi connectivity index (χ4n) is 3.16. The lowest BCUT2D eigenvalue weighted by atomic mass is 10.0. The molecule has 0 atom stereocenters. The van der Waals surface area contributed by atoms with Gasteiger partial charge in [0.2, 0.25) is 0 Å². The summed E-state index contributed by atoms with van der Waals surface area (Å²) in [6, 6.07) is 0.